The van der Waals surface area contributed by atoms with Crippen LogP contribution in [0.15, 0.2) is 82.4 Å². The molecule has 4 rings (SSSR count). The van der Waals surface area contributed by atoms with Crippen LogP contribution >= 0.6 is 15.9 Å². The standard InChI is InChI=1S/C26H27BrFN5O2S/c1-26(2,3)33-17-23(25(32-33)19-5-4-6-21(28)15-19)18-11-12-29-24(16-18)30-13-14-31-36(34,35)22-9-7-20(27)8-10-22/h4-12,15-17,31H,13-14H2,1-3H3,(H,29,30). The van der Waals surface area contributed by atoms with Crippen molar-refractivity contribution in [3.63, 3.8) is 0 Å². The molecule has 0 unspecified atom stereocenters. The predicted molar refractivity (Wildman–Crippen MR) is 144 cm³/mol. The summed E-state index contributed by atoms with van der Waals surface area (Å²) in [5.41, 5.74) is 2.79. The molecule has 2 aromatic heterocycles. The molecule has 0 fully saturated rings. The van der Waals surface area contributed by atoms with Crippen LogP contribution in [0.2, 0.25) is 0 Å². The van der Waals surface area contributed by atoms with Crippen LogP contribution in [0.25, 0.3) is 22.4 Å². The Morgan fingerprint density at radius 3 is 2.44 bits per heavy atom. The molecular weight excluding hydrogens is 545 g/mol. The van der Waals surface area contributed by atoms with Crippen molar-refractivity contribution < 1.29 is 12.8 Å². The minimum Gasteiger partial charge on any atom is -0.369 e. The van der Waals surface area contributed by atoms with Crippen molar-refractivity contribution in [2.24, 2.45) is 0 Å². The van der Waals surface area contributed by atoms with Gasteiger partial charge in [0.1, 0.15) is 17.3 Å². The molecule has 0 saturated heterocycles. The fourth-order valence-electron chi connectivity index (χ4n) is 3.55. The lowest BCUT2D eigenvalue weighted by atomic mass is 10.0. The second kappa shape index (κ2) is 10.5. The summed E-state index contributed by atoms with van der Waals surface area (Å²) in [5.74, 6) is 0.260. The van der Waals surface area contributed by atoms with E-state index in [1.54, 1.807) is 36.5 Å². The lowest BCUT2D eigenvalue weighted by molar-refractivity contribution is 0.356. The summed E-state index contributed by atoms with van der Waals surface area (Å²) in [6.45, 7) is 6.67. The summed E-state index contributed by atoms with van der Waals surface area (Å²) in [6.07, 6.45) is 3.62. The Hall–Kier alpha value is -3.08. The minimum atomic E-state index is -3.61. The van der Waals surface area contributed by atoms with Crippen molar-refractivity contribution in [3.05, 3.63) is 83.3 Å². The Kier molecular flexibility index (Phi) is 7.58. The van der Waals surface area contributed by atoms with Gasteiger partial charge in [0.2, 0.25) is 10.0 Å². The molecule has 36 heavy (non-hydrogen) atoms. The predicted octanol–water partition coefficient (Wildman–Crippen LogP) is 5.66. The molecule has 0 aliphatic rings. The number of aromatic nitrogens is 3. The third-order valence-electron chi connectivity index (χ3n) is 5.42. The summed E-state index contributed by atoms with van der Waals surface area (Å²) in [4.78, 5) is 4.56. The number of anilines is 1. The summed E-state index contributed by atoms with van der Waals surface area (Å²) in [5, 5.41) is 7.93. The lowest BCUT2D eigenvalue weighted by Crippen LogP contribution is -2.29. The Morgan fingerprint density at radius 1 is 1.00 bits per heavy atom. The summed E-state index contributed by atoms with van der Waals surface area (Å²) >= 11 is 3.30. The molecule has 2 N–H and O–H groups in total. The number of nitrogens with zero attached hydrogens (tertiary/aromatic N) is 3. The third-order valence-corrected chi connectivity index (χ3v) is 7.42. The number of hydrogen-bond donors (Lipinski definition) is 2. The van der Waals surface area contributed by atoms with E-state index in [-0.39, 0.29) is 22.8 Å². The molecule has 7 nitrogen and oxygen atoms in total. The third kappa shape index (κ3) is 6.18. The fourth-order valence-corrected chi connectivity index (χ4v) is 4.84. The smallest absolute Gasteiger partial charge is 0.240 e. The maximum absolute atomic E-state index is 14.0. The molecule has 2 heterocycles. The first kappa shape index (κ1) is 26.0. The largest absolute Gasteiger partial charge is 0.369 e. The summed E-state index contributed by atoms with van der Waals surface area (Å²) in [7, 11) is -3.61. The highest BCUT2D eigenvalue weighted by molar-refractivity contribution is 9.10. The Balaban J connectivity index is 1.52. The van der Waals surface area contributed by atoms with Crippen LogP contribution in [0, 0.1) is 5.82 Å². The number of benzene rings is 2. The van der Waals surface area contributed by atoms with E-state index >= 15 is 0 Å². The van der Waals surface area contributed by atoms with E-state index in [9.17, 15) is 12.8 Å². The topological polar surface area (TPSA) is 88.9 Å². The zero-order valence-electron chi connectivity index (χ0n) is 20.2. The zero-order valence-corrected chi connectivity index (χ0v) is 22.6. The molecule has 0 bridgehead atoms. The normalized spacial score (nSPS) is 12.0. The van der Waals surface area contributed by atoms with Crippen molar-refractivity contribution in [1.29, 1.82) is 0 Å². The first-order valence-electron chi connectivity index (χ1n) is 11.3. The van der Waals surface area contributed by atoms with Gasteiger partial charge in [0.05, 0.1) is 10.4 Å². The van der Waals surface area contributed by atoms with Crippen LogP contribution < -0.4 is 10.0 Å². The summed E-state index contributed by atoms with van der Waals surface area (Å²) in [6, 6.07) is 16.6. The van der Waals surface area contributed by atoms with Crippen LogP contribution in [0.3, 0.4) is 0 Å². The molecule has 10 heteroatoms. The molecule has 0 aliphatic carbocycles. The van der Waals surface area contributed by atoms with Gasteiger partial charge >= 0.3 is 0 Å². The number of nitrogens with one attached hydrogen (secondary N) is 2. The molecule has 0 radical (unpaired) electrons. The second-order valence-corrected chi connectivity index (χ2v) is 11.9. The average Bonchev–Trinajstić information content (AvgIpc) is 3.29. The highest BCUT2D eigenvalue weighted by Crippen LogP contribution is 2.34. The van der Waals surface area contributed by atoms with Gasteiger partial charge in [0.25, 0.3) is 0 Å². The van der Waals surface area contributed by atoms with E-state index in [2.05, 4.69) is 31.0 Å². The van der Waals surface area contributed by atoms with E-state index < -0.39 is 10.0 Å². The van der Waals surface area contributed by atoms with Gasteiger partial charge in [-0.25, -0.2) is 22.5 Å². The van der Waals surface area contributed by atoms with E-state index in [0.29, 0.717) is 23.6 Å². The Bertz CT molecular complexity index is 1460. The van der Waals surface area contributed by atoms with E-state index in [4.69, 9.17) is 5.10 Å². The van der Waals surface area contributed by atoms with Crippen molar-refractivity contribution in [2.75, 3.05) is 18.4 Å². The fraction of sp³-hybridized carbons (Fsp3) is 0.231. The average molecular weight is 573 g/mol. The monoisotopic (exact) mass is 571 g/mol. The SMILES string of the molecule is CC(C)(C)n1cc(-c2ccnc(NCCNS(=O)(=O)c3ccc(Br)cc3)c2)c(-c2cccc(F)c2)n1. The highest BCUT2D eigenvalue weighted by atomic mass is 79.9. The first-order chi connectivity index (χ1) is 17.0. The van der Waals surface area contributed by atoms with Gasteiger partial charge in [0, 0.05) is 41.1 Å². The van der Waals surface area contributed by atoms with Gasteiger partial charge < -0.3 is 5.32 Å². The molecule has 0 atom stereocenters. The van der Waals surface area contributed by atoms with Gasteiger partial charge in [-0.2, -0.15) is 5.10 Å². The minimum absolute atomic E-state index is 0.181. The molecule has 0 saturated carbocycles. The van der Waals surface area contributed by atoms with Gasteiger partial charge in [0.15, 0.2) is 0 Å². The maximum Gasteiger partial charge on any atom is 0.240 e. The Morgan fingerprint density at radius 2 is 1.75 bits per heavy atom. The van der Waals surface area contributed by atoms with Crippen LogP contribution in [0.1, 0.15) is 20.8 Å². The molecule has 0 spiro atoms. The first-order valence-corrected chi connectivity index (χ1v) is 13.6. The second-order valence-electron chi connectivity index (χ2n) is 9.23. The number of halogens is 2. The molecular formula is C26H27BrFN5O2S. The number of hydrogen-bond acceptors (Lipinski definition) is 5. The van der Waals surface area contributed by atoms with Crippen LogP contribution in [-0.4, -0.2) is 36.3 Å². The quantitative estimate of drug-likeness (QED) is 0.266. The lowest BCUT2D eigenvalue weighted by Gasteiger charge is -2.18. The summed E-state index contributed by atoms with van der Waals surface area (Å²) < 4.78 is 44.2. The molecule has 0 aliphatic heterocycles. The van der Waals surface area contributed by atoms with Gasteiger partial charge in [-0.3, -0.25) is 4.68 Å². The molecule has 188 valence electrons. The van der Waals surface area contributed by atoms with E-state index in [1.807, 2.05) is 49.8 Å². The van der Waals surface area contributed by atoms with Crippen molar-refractivity contribution in [1.82, 2.24) is 19.5 Å². The molecule has 2 aromatic carbocycles. The Labute approximate surface area is 219 Å². The van der Waals surface area contributed by atoms with E-state index in [1.165, 1.54) is 12.1 Å². The van der Waals surface area contributed by atoms with Crippen LogP contribution in [-0.2, 0) is 15.6 Å². The number of sulfonamides is 1. The maximum atomic E-state index is 14.0. The van der Waals surface area contributed by atoms with Crippen molar-refractivity contribution >= 4 is 31.8 Å². The van der Waals surface area contributed by atoms with Gasteiger partial charge in [-0.1, -0.05) is 28.1 Å². The van der Waals surface area contributed by atoms with Crippen molar-refractivity contribution in [2.45, 2.75) is 31.2 Å². The zero-order chi connectivity index (χ0) is 25.9. The highest BCUT2D eigenvalue weighted by Gasteiger charge is 2.20. The molecule has 0 amide bonds. The van der Waals surface area contributed by atoms with Crippen LogP contribution in [0.5, 0.6) is 0 Å². The molecule has 4 aromatic rings. The number of rotatable bonds is 8. The van der Waals surface area contributed by atoms with Gasteiger partial charge in [-0.15, -0.1) is 0 Å². The number of pyridine rings is 1. The van der Waals surface area contributed by atoms with Crippen molar-refractivity contribution in [3.8, 4) is 22.4 Å². The van der Waals surface area contributed by atoms with Gasteiger partial charge in [-0.05, 0) is 74.9 Å². The van der Waals surface area contributed by atoms with E-state index in [0.717, 1.165) is 15.6 Å². The van der Waals surface area contributed by atoms with Crippen LogP contribution in [0.4, 0.5) is 10.2 Å².